The number of aliphatic imine (C=N–C) groups is 1. The number of hydrogen-bond acceptors (Lipinski definition) is 4. The molecule has 0 unspecified atom stereocenters. The lowest BCUT2D eigenvalue weighted by Crippen LogP contribution is -2.42. The second-order valence-corrected chi connectivity index (χ2v) is 6.66. The molecule has 6 heteroatoms. The highest BCUT2D eigenvalue weighted by molar-refractivity contribution is 6.07. The molecule has 0 radical (unpaired) electrons. The number of benzene rings is 2. The van der Waals surface area contributed by atoms with E-state index in [1.165, 1.54) is 0 Å². The van der Waals surface area contributed by atoms with Crippen LogP contribution in [0, 0.1) is 5.41 Å². The maximum absolute atomic E-state index is 12.5. The highest BCUT2D eigenvalue weighted by Crippen LogP contribution is 2.28. The summed E-state index contributed by atoms with van der Waals surface area (Å²) in [6, 6.07) is 14.8. The van der Waals surface area contributed by atoms with Gasteiger partial charge in [-0.05, 0) is 24.3 Å². The number of guanidine groups is 1. The summed E-state index contributed by atoms with van der Waals surface area (Å²) in [7, 11) is 3.17. The molecule has 2 N–H and O–H groups in total. The zero-order chi connectivity index (χ0) is 19.2. The minimum absolute atomic E-state index is 0.159. The van der Waals surface area contributed by atoms with Crippen molar-refractivity contribution >= 4 is 23.2 Å². The van der Waals surface area contributed by atoms with E-state index in [2.05, 4.69) is 15.6 Å². The van der Waals surface area contributed by atoms with E-state index in [1.54, 1.807) is 14.2 Å². The molecule has 0 aromatic heterocycles. The maximum Gasteiger partial charge on any atom is 0.232 e. The smallest absolute Gasteiger partial charge is 0.232 e. The molecular formula is C20H25N3O3. The minimum atomic E-state index is -0.565. The summed E-state index contributed by atoms with van der Waals surface area (Å²) >= 11 is 0. The van der Waals surface area contributed by atoms with Crippen molar-refractivity contribution in [1.82, 2.24) is 5.32 Å². The molecule has 1 amide bonds. The summed E-state index contributed by atoms with van der Waals surface area (Å²) in [6.45, 7) is 5.52. The normalized spacial score (nSPS) is 11.7. The molecule has 0 fully saturated rings. The van der Waals surface area contributed by atoms with Crippen LogP contribution in [0.4, 0.5) is 11.4 Å². The van der Waals surface area contributed by atoms with Crippen molar-refractivity contribution in [1.29, 1.82) is 0 Å². The molecule has 0 heterocycles. The van der Waals surface area contributed by atoms with Crippen molar-refractivity contribution in [2.45, 2.75) is 20.8 Å². The molecule has 0 spiro atoms. The number of hydrogen-bond donors (Lipinski definition) is 2. The standard InChI is InChI=1S/C20H25N3O3/c1-20(2,3)18(24)23-19(21-14-10-6-8-12-16(14)25-4)22-15-11-7-9-13-17(15)26-5/h6-13H,1-5H3,(H2,21,22,23,24). The van der Waals surface area contributed by atoms with Crippen molar-refractivity contribution in [2.24, 2.45) is 10.4 Å². The van der Waals surface area contributed by atoms with Crippen LogP contribution in [0.5, 0.6) is 11.5 Å². The Morgan fingerprint density at radius 2 is 1.50 bits per heavy atom. The minimum Gasteiger partial charge on any atom is -0.495 e. The molecule has 2 aromatic carbocycles. The first kappa shape index (κ1) is 19.3. The monoisotopic (exact) mass is 355 g/mol. The van der Waals surface area contributed by atoms with Crippen molar-refractivity contribution in [3.05, 3.63) is 48.5 Å². The molecular weight excluding hydrogens is 330 g/mol. The van der Waals surface area contributed by atoms with Gasteiger partial charge in [0.1, 0.15) is 17.2 Å². The summed E-state index contributed by atoms with van der Waals surface area (Å²) in [5.41, 5.74) is 0.726. The largest absolute Gasteiger partial charge is 0.495 e. The molecule has 2 rings (SSSR count). The first-order chi connectivity index (χ1) is 12.3. The number of carbonyl (C=O) groups is 1. The number of methoxy groups -OCH3 is 2. The third kappa shape index (κ3) is 4.99. The van der Waals surface area contributed by atoms with E-state index in [0.717, 1.165) is 0 Å². The fourth-order valence-corrected chi connectivity index (χ4v) is 2.10. The van der Waals surface area contributed by atoms with E-state index in [9.17, 15) is 4.79 Å². The molecule has 0 aliphatic heterocycles. The van der Waals surface area contributed by atoms with Gasteiger partial charge in [0, 0.05) is 5.41 Å². The molecule has 0 bridgehead atoms. The van der Waals surface area contributed by atoms with Gasteiger partial charge in [-0.3, -0.25) is 10.1 Å². The molecule has 0 aliphatic rings. The fourth-order valence-electron chi connectivity index (χ4n) is 2.10. The predicted molar refractivity (Wildman–Crippen MR) is 104 cm³/mol. The first-order valence-corrected chi connectivity index (χ1v) is 8.28. The Labute approximate surface area is 154 Å². The number of nitrogens with zero attached hydrogens (tertiary/aromatic N) is 1. The van der Waals surface area contributed by atoms with Crippen molar-refractivity contribution < 1.29 is 14.3 Å². The lowest BCUT2D eigenvalue weighted by molar-refractivity contribution is -0.126. The zero-order valence-electron chi connectivity index (χ0n) is 15.8. The van der Waals surface area contributed by atoms with Gasteiger partial charge in [0.2, 0.25) is 11.9 Å². The SMILES string of the molecule is COc1ccccc1N=C(NC(=O)C(C)(C)C)Nc1ccccc1OC. The summed E-state index contributed by atoms with van der Waals surface area (Å²) in [5.74, 6) is 1.38. The molecule has 0 saturated heterocycles. The van der Waals surface area contributed by atoms with Gasteiger partial charge in [0.15, 0.2) is 0 Å². The number of ether oxygens (including phenoxy) is 2. The van der Waals surface area contributed by atoms with Crippen LogP contribution in [0.2, 0.25) is 0 Å². The molecule has 0 aliphatic carbocycles. The van der Waals surface area contributed by atoms with Gasteiger partial charge in [0.05, 0.1) is 19.9 Å². The Balaban J connectivity index is 2.41. The van der Waals surface area contributed by atoms with E-state index in [1.807, 2.05) is 69.3 Å². The van der Waals surface area contributed by atoms with Gasteiger partial charge < -0.3 is 14.8 Å². The van der Waals surface area contributed by atoms with Gasteiger partial charge in [-0.25, -0.2) is 4.99 Å². The van der Waals surface area contributed by atoms with E-state index in [0.29, 0.717) is 28.8 Å². The molecule has 0 saturated carbocycles. The summed E-state index contributed by atoms with van der Waals surface area (Å²) in [4.78, 5) is 17.0. The van der Waals surface area contributed by atoms with Gasteiger partial charge in [-0.2, -0.15) is 0 Å². The van der Waals surface area contributed by atoms with Gasteiger partial charge in [-0.15, -0.1) is 0 Å². The van der Waals surface area contributed by atoms with Crippen LogP contribution in [-0.4, -0.2) is 26.1 Å². The summed E-state index contributed by atoms with van der Waals surface area (Å²) in [5, 5.41) is 5.98. The highest BCUT2D eigenvalue weighted by atomic mass is 16.5. The molecule has 6 nitrogen and oxygen atoms in total. The topological polar surface area (TPSA) is 72.0 Å². The van der Waals surface area contributed by atoms with E-state index >= 15 is 0 Å². The fraction of sp³-hybridized carbons (Fsp3) is 0.300. The number of para-hydroxylation sites is 4. The van der Waals surface area contributed by atoms with Gasteiger partial charge in [0.25, 0.3) is 0 Å². The molecule has 0 atom stereocenters. The average Bonchev–Trinajstić information content (AvgIpc) is 2.61. The van der Waals surface area contributed by atoms with Crippen LogP contribution >= 0.6 is 0 Å². The molecule has 26 heavy (non-hydrogen) atoms. The highest BCUT2D eigenvalue weighted by Gasteiger charge is 2.23. The van der Waals surface area contributed by atoms with Crippen molar-refractivity contribution in [2.75, 3.05) is 19.5 Å². The quantitative estimate of drug-likeness (QED) is 0.643. The van der Waals surface area contributed by atoms with E-state index < -0.39 is 5.41 Å². The number of anilines is 1. The number of nitrogens with one attached hydrogen (secondary N) is 2. The lowest BCUT2D eigenvalue weighted by atomic mass is 9.96. The van der Waals surface area contributed by atoms with Crippen LogP contribution in [0.3, 0.4) is 0 Å². The second-order valence-electron chi connectivity index (χ2n) is 6.66. The molecule has 138 valence electrons. The predicted octanol–water partition coefficient (Wildman–Crippen LogP) is 3.97. The van der Waals surface area contributed by atoms with Crippen molar-refractivity contribution in [3.8, 4) is 11.5 Å². The number of amides is 1. The van der Waals surface area contributed by atoms with Crippen molar-refractivity contribution in [3.63, 3.8) is 0 Å². The van der Waals surface area contributed by atoms with Crippen LogP contribution in [0.25, 0.3) is 0 Å². The van der Waals surface area contributed by atoms with E-state index in [-0.39, 0.29) is 5.91 Å². The Morgan fingerprint density at radius 1 is 0.923 bits per heavy atom. The molecule has 2 aromatic rings. The Hall–Kier alpha value is -3.02. The summed E-state index contributed by atoms with van der Waals surface area (Å²) in [6.07, 6.45) is 0. The number of rotatable bonds is 4. The second kappa shape index (κ2) is 8.38. The number of carbonyl (C=O) groups excluding carboxylic acids is 1. The van der Waals surface area contributed by atoms with Gasteiger partial charge >= 0.3 is 0 Å². The van der Waals surface area contributed by atoms with Crippen LogP contribution in [0.1, 0.15) is 20.8 Å². The lowest BCUT2D eigenvalue weighted by Gasteiger charge is -2.20. The third-order valence-electron chi connectivity index (χ3n) is 3.59. The van der Waals surface area contributed by atoms with Crippen LogP contribution in [0.15, 0.2) is 53.5 Å². The Kier molecular flexibility index (Phi) is 6.22. The Morgan fingerprint density at radius 3 is 2.12 bits per heavy atom. The van der Waals surface area contributed by atoms with Crippen LogP contribution < -0.4 is 20.1 Å². The third-order valence-corrected chi connectivity index (χ3v) is 3.59. The summed E-state index contributed by atoms with van der Waals surface area (Å²) < 4.78 is 10.7. The zero-order valence-corrected chi connectivity index (χ0v) is 15.8. The first-order valence-electron chi connectivity index (χ1n) is 8.28. The van der Waals surface area contributed by atoms with Crippen LogP contribution in [-0.2, 0) is 4.79 Å². The average molecular weight is 355 g/mol. The Bertz CT molecular complexity index is 795. The van der Waals surface area contributed by atoms with E-state index in [4.69, 9.17) is 9.47 Å². The van der Waals surface area contributed by atoms with Gasteiger partial charge in [-0.1, -0.05) is 45.0 Å². The maximum atomic E-state index is 12.5.